The summed E-state index contributed by atoms with van der Waals surface area (Å²) in [6.07, 6.45) is 0. The first-order valence-electron chi connectivity index (χ1n) is 6.18. The number of anilines is 1. The zero-order valence-electron chi connectivity index (χ0n) is 10.8. The number of rotatable bonds is 3. The molecule has 3 rings (SSSR count). The number of ether oxygens (including phenoxy) is 2. The Kier molecular flexibility index (Phi) is 3.19. The van der Waals surface area contributed by atoms with Crippen molar-refractivity contribution in [2.24, 2.45) is 0 Å². The van der Waals surface area contributed by atoms with Gasteiger partial charge in [-0.25, -0.2) is 4.79 Å². The summed E-state index contributed by atoms with van der Waals surface area (Å²) >= 11 is 0. The molecular weight excluding hydrogens is 274 g/mol. The summed E-state index contributed by atoms with van der Waals surface area (Å²) in [5.41, 5.74) is 1.11. The van der Waals surface area contributed by atoms with E-state index >= 15 is 0 Å². The van der Waals surface area contributed by atoms with Gasteiger partial charge in [-0.3, -0.25) is 4.79 Å². The van der Waals surface area contributed by atoms with Crippen molar-refractivity contribution in [1.29, 1.82) is 0 Å². The van der Waals surface area contributed by atoms with E-state index in [1.54, 1.807) is 18.2 Å². The highest BCUT2D eigenvalue weighted by molar-refractivity contribution is 6.04. The SMILES string of the molecule is O=C(O)c1ccc(NC(=O)c2ccc3c(c2)OCO3)cc1. The van der Waals surface area contributed by atoms with Gasteiger partial charge < -0.3 is 19.9 Å². The molecule has 0 saturated heterocycles. The maximum absolute atomic E-state index is 12.1. The highest BCUT2D eigenvalue weighted by Gasteiger charge is 2.16. The van der Waals surface area contributed by atoms with Crippen molar-refractivity contribution in [3.8, 4) is 11.5 Å². The molecule has 0 fully saturated rings. The monoisotopic (exact) mass is 285 g/mol. The number of aromatic carboxylic acids is 1. The molecule has 1 heterocycles. The summed E-state index contributed by atoms with van der Waals surface area (Å²) in [5.74, 6) is -0.179. The van der Waals surface area contributed by atoms with Crippen LogP contribution in [0.5, 0.6) is 11.5 Å². The lowest BCUT2D eigenvalue weighted by Crippen LogP contribution is -2.11. The van der Waals surface area contributed by atoms with Crippen LogP contribution in [0.15, 0.2) is 42.5 Å². The van der Waals surface area contributed by atoms with Crippen LogP contribution in [0.4, 0.5) is 5.69 Å². The van der Waals surface area contributed by atoms with E-state index in [0.717, 1.165) is 0 Å². The fraction of sp³-hybridized carbons (Fsp3) is 0.0667. The van der Waals surface area contributed by atoms with Crippen molar-refractivity contribution >= 4 is 17.6 Å². The second-order valence-corrected chi connectivity index (χ2v) is 4.40. The van der Waals surface area contributed by atoms with Crippen molar-refractivity contribution in [2.75, 3.05) is 12.1 Å². The molecule has 6 heteroatoms. The minimum Gasteiger partial charge on any atom is -0.478 e. The van der Waals surface area contributed by atoms with Crippen LogP contribution >= 0.6 is 0 Å². The molecule has 0 unspecified atom stereocenters. The van der Waals surface area contributed by atoms with E-state index in [2.05, 4.69) is 5.32 Å². The fourth-order valence-corrected chi connectivity index (χ4v) is 1.94. The number of carbonyl (C=O) groups is 2. The number of benzene rings is 2. The lowest BCUT2D eigenvalue weighted by molar-refractivity contribution is 0.0696. The van der Waals surface area contributed by atoms with Crippen molar-refractivity contribution in [3.05, 3.63) is 53.6 Å². The van der Waals surface area contributed by atoms with E-state index in [1.165, 1.54) is 24.3 Å². The van der Waals surface area contributed by atoms with Crippen molar-refractivity contribution in [1.82, 2.24) is 0 Å². The molecule has 2 N–H and O–H groups in total. The zero-order valence-corrected chi connectivity index (χ0v) is 10.8. The highest BCUT2D eigenvalue weighted by atomic mass is 16.7. The number of carboxylic acid groups (broad SMARTS) is 1. The number of hydrogen-bond acceptors (Lipinski definition) is 4. The van der Waals surface area contributed by atoms with Crippen LogP contribution in [0.25, 0.3) is 0 Å². The van der Waals surface area contributed by atoms with Gasteiger partial charge in [0.1, 0.15) is 0 Å². The van der Waals surface area contributed by atoms with Gasteiger partial charge >= 0.3 is 5.97 Å². The van der Waals surface area contributed by atoms with E-state index in [4.69, 9.17) is 14.6 Å². The van der Waals surface area contributed by atoms with Gasteiger partial charge in [0.25, 0.3) is 5.91 Å². The predicted molar refractivity (Wildman–Crippen MR) is 73.9 cm³/mol. The molecule has 0 bridgehead atoms. The molecule has 1 aliphatic heterocycles. The second-order valence-electron chi connectivity index (χ2n) is 4.40. The Hall–Kier alpha value is -3.02. The van der Waals surface area contributed by atoms with E-state index in [9.17, 15) is 9.59 Å². The normalized spacial score (nSPS) is 12.0. The number of carboxylic acids is 1. The maximum Gasteiger partial charge on any atom is 0.335 e. The number of hydrogen-bond donors (Lipinski definition) is 2. The van der Waals surface area contributed by atoms with Crippen LogP contribution in [-0.2, 0) is 0 Å². The molecule has 1 aliphatic rings. The minimum absolute atomic E-state index is 0.150. The highest BCUT2D eigenvalue weighted by Crippen LogP contribution is 2.32. The van der Waals surface area contributed by atoms with Gasteiger partial charge in [0.05, 0.1) is 5.56 Å². The van der Waals surface area contributed by atoms with Crippen LogP contribution in [0.1, 0.15) is 20.7 Å². The predicted octanol–water partition coefficient (Wildman–Crippen LogP) is 2.37. The standard InChI is InChI=1S/C15H11NO5/c17-14(10-3-6-12-13(7-10)21-8-20-12)16-11-4-1-9(2-5-11)15(18)19/h1-7H,8H2,(H,16,17)(H,18,19). The first-order chi connectivity index (χ1) is 10.1. The molecule has 2 aromatic carbocycles. The molecule has 0 atom stereocenters. The number of carbonyl (C=O) groups excluding carboxylic acids is 1. The lowest BCUT2D eigenvalue weighted by Gasteiger charge is -2.06. The Labute approximate surface area is 119 Å². The van der Waals surface area contributed by atoms with Crippen molar-refractivity contribution in [3.63, 3.8) is 0 Å². The van der Waals surface area contributed by atoms with E-state index in [0.29, 0.717) is 22.7 Å². The van der Waals surface area contributed by atoms with Gasteiger partial charge in [-0.15, -0.1) is 0 Å². The summed E-state index contributed by atoms with van der Waals surface area (Å²) in [6.45, 7) is 0.150. The molecule has 0 saturated carbocycles. The summed E-state index contributed by atoms with van der Waals surface area (Å²) in [7, 11) is 0. The maximum atomic E-state index is 12.1. The average Bonchev–Trinajstić information content (AvgIpc) is 2.95. The van der Waals surface area contributed by atoms with Gasteiger partial charge in [0.2, 0.25) is 6.79 Å². The fourth-order valence-electron chi connectivity index (χ4n) is 1.94. The third-order valence-electron chi connectivity index (χ3n) is 3.02. The average molecular weight is 285 g/mol. The number of fused-ring (bicyclic) bond motifs is 1. The Bertz CT molecular complexity index is 709. The molecule has 21 heavy (non-hydrogen) atoms. The molecule has 2 aromatic rings. The summed E-state index contributed by atoms with van der Waals surface area (Å²) in [4.78, 5) is 22.9. The smallest absolute Gasteiger partial charge is 0.335 e. The molecular formula is C15H11NO5. The largest absolute Gasteiger partial charge is 0.478 e. The Morgan fingerprint density at radius 2 is 1.62 bits per heavy atom. The van der Waals surface area contributed by atoms with Crippen LogP contribution in [0.2, 0.25) is 0 Å². The van der Waals surface area contributed by atoms with Crippen LogP contribution in [-0.4, -0.2) is 23.8 Å². The van der Waals surface area contributed by atoms with Crippen LogP contribution in [0.3, 0.4) is 0 Å². The third-order valence-corrected chi connectivity index (χ3v) is 3.02. The summed E-state index contributed by atoms with van der Waals surface area (Å²) in [6, 6.07) is 10.8. The van der Waals surface area contributed by atoms with Crippen LogP contribution in [0, 0.1) is 0 Å². The molecule has 0 spiro atoms. The summed E-state index contributed by atoms with van der Waals surface area (Å²) < 4.78 is 10.4. The van der Waals surface area contributed by atoms with Gasteiger partial charge in [-0.2, -0.15) is 0 Å². The number of nitrogens with one attached hydrogen (secondary N) is 1. The molecule has 0 aromatic heterocycles. The van der Waals surface area contributed by atoms with Gasteiger partial charge in [-0.1, -0.05) is 0 Å². The molecule has 1 amide bonds. The second kappa shape index (κ2) is 5.16. The van der Waals surface area contributed by atoms with Gasteiger partial charge in [0, 0.05) is 11.3 Å². The van der Waals surface area contributed by atoms with Gasteiger partial charge in [-0.05, 0) is 42.5 Å². The van der Waals surface area contributed by atoms with Gasteiger partial charge in [0.15, 0.2) is 11.5 Å². The van der Waals surface area contributed by atoms with E-state index < -0.39 is 5.97 Å². The zero-order chi connectivity index (χ0) is 14.8. The molecule has 6 nitrogen and oxygen atoms in total. The minimum atomic E-state index is -1.01. The van der Waals surface area contributed by atoms with E-state index in [1.807, 2.05) is 0 Å². The van der Waals surface area contributed by atoms with Crippen molar-refractivity contribution < 1.29 is 24.2 Å². The third kappa shape index (κ3) is 2.64. The molecule has 106 valence electrons. The summed E-state index contributed by atoms with van der Waals surface area (Å²) in [5, 5.41) is 11.5. The van der Waals surface area contributed by atoms with Crippen molar-refractivity contribution in [2.45, 2.75) is 0 Å². The Balaban J connectivity index is 1.75. The molecule has 0 aliphatic carbocycles. The quantitative estimate of drug-likeness (QED) is 0.904. The Morgan fingerprint density at radius 3 is 2.33 bits per heavy atom. The first kappa shape index (κ1) is 13.0. The van der Waals surface area contributed by atoms with Crippen LogP contribution < -0.4 is 14.8 Å². The Morgan fingerprint density at radius 1 is 0.952 bits per heavy atom. The number of amides is 1. The first-order valence-corrected chi connectivity index (χ1v) is 6.18. The topological polar surface area (TPSA) is 84.9 Å². The van der Waals surface area contributed by atoms with E-state index in [-0.39, 0.29) is 18.3 Å². The lowest BCUT2D eigenvalue weighted by atomic mass is 10.1. The molecule has 0 radical (unpaired) electrons.